The predicted molar refractivity (Wildman–Crippen MR) is 173 cm³/mol. The number of H-pyrrole nitrogens is 1. The highest BCUT2D eigenvalue weighted by molar-refractivity contribution is 6.45. The van der Waals surface area contributed by atoms with Crippen molar-refractivity contribution in [3.63, 3.8) is 0 Å². The van der Waals surface area contributed by atoms with Crippen molar-refractivity contribution in [3.05, 3.63) is 40.7 Å². The first-order chi connectivity index (χ1) is 21.1. The van der Waals surface area contributed by atoms with Crippen LogP contribution in [0.4, 0.5) is 5.82 Å². The van der Waals surface area contributed by atoms with Crippen LogP contribution in [-0.2, 0) is 9.53 Å². The number of anilines is 1. The number of hydrogen-bond acceptors (Lipinski definition) is 6. The second-order valence-electron chi connectivity index (χ2n) is 14.7. The molecule has 1 aliphatic carbocycles. The van der Waals surface area contributed by atoms with E-state index in [1.54, 1.807) is 0 Å². The van der Waals surface area contributed by atoms with Gasteiger partial charge in [0.05, 0.1) is 40.5 Å². The Morgan fingerprint density at radius 3 is 2.68 bits per heavy atom. The third-order valence-electron chi connectivity index (χ3n) is 11.3. The smallest absolute Gasteiger partial charge is 0.245 e. The molecule has 1 N–H and O–H groups in total. The maximum Gasteiger partial charge on any atom is 0.245 e. The van der Waals surface area contributed by atoms with Crippen LogP contribution in [0.25, 0.3) is 22.0 Å². The molecule has 8 rings (SSSR count). The summed E-state index contributed by atoms with van der Waals surface area (Å²) in [7, 11) is 0. The first kappa shape index (κ1) is 28.9. The molecule has 9 nitrogen and oxygen atoms in total. The van der Waals surface area contributed by atoms with Gasteiger partial charge in [0.15, 0.2) is 5.82 Å². The molecule has 1 amide bonds. The number of hydrogen-bond donors (Lipinski definition) is 1. The number of nitrogens with one attached hydrogen (secondary N) is 1. The molecule has 2 bridgehead atoms. The fraction of sp³-hybridized carbons (Fsp3) is 0.606. The van der Waals surface area contributed by atoms with E-state index in [1.807, 2.05) is 17.2 Å². The van der Waals surface area contributed by atoms with Crippen LogP contribution in [0.15, 0.2) is 24.9 Å². The van der Waals surface area contributed by atoms with Crippen molar-refractivity contribution in [2.45, 2.75) is 76.6 Å². The number of nitrogens with zero attached hydrogens (tertiary/aromatic N) is 6. The number of carbonyl (C=O) groups is 1. The van der Waals surface area contributed by atoms with Gasteiger partial charge in [0.1, 0.15) is 0 Å². The van der Waals surface area contributed by atoms with Crippen molar-refractivity contribution in [2.75, 3.05) is 44.2 Å². The van der Waals surface area contributed by atoms with Crippen molar-refractivity contribution in [1.29, 1.82) is 0 Å². The molecular weight excluding hydrogens is 597 g/mol. The summed E-state index contributed by atoms with van der Waals surface area (Å²) in [5.41, 5.74) is 3.98. The van der Waals surface area contributed by atoms with E-state index in [4.69, 9.17) is 33.0 Å². The fourth-order valence-electron chi connectivity index (χ4n) is 9.15. The van der Waals surface area contributed by atoms with Gasteiger partial charge in [0, 0.05) is 71.9 Å². The lowest BCUT2D eigenvalue weighted by atomic mass is 9.60. The summed E-state index contributed by atoms with van der Waals surface area (Å²) in [6.07, 6.45) is 9.11. The van der Waals surface area contributed by atoms with Gasteiger partial charge < -0.3 is 14.5 Å². The Kier molecular flexibility index (Phi) is 6.69. The highest BCUT2D eigenvalue weighted by Gasteiger charge is 2.55. The number of likely N-dealkylation sites (tertiary alicyclic amines) is 2. The van der Waals surface area contributed by atoms with Crippen LogP contribution in [-0.4, -0.2) is 92.7 Å². The van der Waals surface area contributed by atoms with Gasteiger partial charge in [-0.15, -0.1) is 0 Å². The standard InChI is InChI=1S/C33H41Cl2N7O2/c1-5-27(43)40-17-33(18-40)11-22(12-33)42-19(2)28(29-24-13-36-37-26(24)9-25(34)30(29)35)31(38-42)41-7-6-20(10-32(41,3)4)14-39-15-23-8-21(39)16-44-23/h5,9,13,20-23H,1,6-8,10-12,14-18H2,2-4H3,(H,36,37)/t20?,21-,23-/m0/s1. The minimum absolute atomic E-state index is 0.0230. The van der Waals surface area contributed by atoms with Gasteiger partial charge in [0.25, 0.3) is 0 Å². The molecule has 3 aromatic rings. The van der Waals surface area contributed by atoms with Gasteiger partial charge in [-0.1, -0.05) is 29.8 Å². The number of carbonyl (C=O) groups excluding carboxylic acids is 1. The third kappa shape index (κ3) is 4.44. The maximum atomic E-state index is 12.1. The number of piperidine rings is 1. The van der Waals surface area contributed by atoms with Gasteiger partial charge in [-0.2, -0.15) is 10.2 Å². The van der Waals surface area contributed by atoms with Crippen LogP contribution in [0.1, 0.15) is 57.7 Å². The van der Waals surface area contributed by atoms with E-state index in [0.29, 0.717) is 28.1 Å². The predicted octanol–water partition coefficient (Wildman–Crippen LogP) is 5.86. The zero-order chi connectivity index (χ0) is 30.5. The zero-order valence-corrected chi connectivity index (χ0v) is 27.3. The van der Waals surface area contributed by atoms with Crippen molar-refractivity contribution < 1.29 is 9.53 Å². The summed E-state index contributed by atoms with van der Waals surface area (Å²) in [6, 6.07) is 2.72. The van der Waals surface area contributed by atoms with Crippen LogP contribution in [0.3, 0.4) is 0 Å². The van der Waals surface area contributed by atoms with Gasteiger partial charge in [-0.05, 0) is 70.9 Å². The second-order valence-corrected chi connectivity index (χ2v) is 15.5. The number of rotatable bonds is 6. The number of halogens is 2. The highest BCUT2D eigenvalue weighted by Crippen LogP contribution is 2.56. The summed E-state index contributed by atoms with van der Waals surface area (Å²) < 4.78 is 8.10. The van der Waals surface area contributed by atoms with Crippen LogP contribution < -0.4 is 4.90 Å². The molecule has 1 unspecified atom stereocenters. The van der Waals surface area contributed by atoms with Gasteiger partial charge in [-0.25, -0.2) is 0 Å². The van der Waals surface area contributed by atoms with E-state index >= 15 is 0 Å². The number of fused-ring (bicyclic) bond motifs is 3. The van der Waals surface area contributed by atoms with Crippen molar-refractivity contribution >= 4 is 45.8 Å². The average molecular weight is 639 g/mol. The SMILES string of the molecule is C=CC(=O)N1CC2(CC(n3nc(N4CCC(CN5C[C@@H]6C[C@H]5CO6)CC4(C)C)c(-c4c(Cl)c(Cl)cc5[nH]ncc45)c3C)C2)C1. The molecule has 5 fully saturated rings. The summed E-state index contributed by atoms with van der Waals surface area (Å²) >= 11 is 13.8. The summed E-state index contributed by atoms with van der Waals surface area (Å²) in [6.45, 7) is 16.2. The third-order valence-corrected chi connectivity index (χ3v) is 12.1. The summed E-state index contributed by atoms with van der Waals surface area (Å²) in [5, 5.41) is 14.9. The fourth-order valence-corrected chi connectivity index (χ4v) is 9.61. The van der Waals surface area contributed by atoms with E-state index in [1.165, 1.54) is 12.5 Å². The molecule has 4 aliphatic heterocycles. The van der Waals surface area contributed by atoms with Crippen LogP contribution in [0, 0.1) is 18.3 Å². The van der Waals surface area contributed by atoms with Crippen molar-refractivity contribution in [1.82, 2.24) is 29.8 Å². The quantitative estimate of drug-likeness (QED) is 0.341. The lowest BCUT2D eigenvalue weighted by Gasteiger charge is -2.58. The topological polar surface area (TPSA) is 82.5 Å². The van der Waals surface area contributed by atoms with E-state index < -0.39 is 0 Å². The molecule has 5 aliphatic rings. The molecule has 3 atom stereocenters. The molecule has 4 saturated heterocycles. The summed E-state index contributed by atoms with van der Waals surface area (Å²) in [4.78, 5) is 19.2. The number of amides is 1. The lowest BCUT2D eigenvalue weighted by molar-refractivity contribution is -0.149. The Labute approximate surface area is 268 Å². The van der Waals surface area contributed by atoms with Crippen LogP contribution in [0.5, 0.6) is 0 Å². The normalized spacial score (nSPS) is 27.7. The molecule has 11 heteroatoms. The second kappa shape index (κ2) is 10.2. The molecule has 1 saturated carbocycles. The average Bonchev–Trinajstić information content (AvgIpc) is 3.73. The van der Waals surface area contributed by atoms with Gasteiger partial charge >= 0.3 is 0 Å². The maximum absolute atomic E-state index is 12.1. The van der Waals surface area contributed by atoms with Crippen LogP contribution >= 0.6 is 23.2 Å². The Morgan fingerprint density at radius 1 is 1.20 bits per heavy atom. The first-order valence-electron chi connectivity index (χ1n) is 16.0. The molecule has 234 valence electrons. The number of morpholine rings is 1. The lowest BCUT2D eigenvalue weighted by Crippen LogP contribution is -2.63. The number of benzene rings is 1. The van der Waals surface area contributed by atoms with Gasteiger partial charge in [0.2, 0.25) is 5.91 Å². The molecular formula is C33H41Cl2N7O2. The Hall–Kier alpha value is -2.59. The molecule has 1 aromatic carbocycles. The van der Waals surface area contributed by atoms with Crippen molar-refractivity contribution in [2.24, 2.45) is 11.3 Å². The Morgan fingerprint density at radius 2 is 2.00 bits per heavy atom. The number of ether oxygens (including phenoxy) is 1. The minimum atomic E-state index is -0.0978. The number of aromatic nitrogens is 4. The van der Waals surface area contributed by atoms with E-state index in [9.17, 15) is 4.79 Å². The molecule has 0 radical (unpaired) electrons. The van der Waals surface area contributed by atoms with E-state index in [-0.39, 0.29) is 22.9 Å². The van der Waals surface area contributed by atoms with Crippen LogP contribution in [0.2, 0.25) is 10.0 Å². The molecule has 6 heterocycles. The Balaban J connectivity index is 1.13. The molecule has 1 spiro atoms. The largest absolute Gasteiger partial charge is 0.375 e. The Bertz CT molecular complexity index is 1650. The monoisotopic (exact) mass is 637 g/mol. The molecule has 44 heavy (non-hydrogen) atoms. The first-order valence-corrected chi connectivity index (χ1v) is 16.8. The number of aromatic amines is 1. The van der Waals surface area contributed by atoms with Gasteiger partial charge in [-0.3, -0.25) is 19.5 Å². The molecule has 2 aromatic heterocycles. The van der Waals surface area contributed by atoms with Crippen molar-refractivity contribution in [3.8, 4) is 11.1 Å². The zero-order valence-electron chi connectivity index (χ0n) is 25.8. The van der Waals surface area contributed by atoms with E-state index in [2.05, 4.69) is 52.0 Å². The van der Waals surface area contributed by atoms with E-state index in [0.717, 1.165) is 98.6 Å². The minimum Gasteiger partial charge on any atom is -0.375 e. The summed E-state index contributed by atoms with van der Waals surface area (Å²) in [5.74, 6) is 1.63. The highest BCUT2D eigenvalue weighted by atomic mass is 35.5.